The Morgan fingerprint density at radius 2 is 1.83 bits per heavy atom. The van der Waals surface area contributed by atoms with Gasteiger partial charge in [0.2, 0.25) is 24.2 Å². The fourth-order valence-electron chi connectivity index (χ4n) is 4.84. The molecule has 0 radical (unpaired) electrons. The average molecular weight is 557 g/mol. The summed E-state index contributed by atoms with van der Waals surface area (Å²) in [7, 11) is 0. The van der Waals surface area contributed by atoms with E-state index >= 15 is 0 Å². The van der Waals surface area contributed by atoms with Gasteiger partial charge in [0.05, 0.1) is 34.6 Å². The van der Waals surface area contributed by atoms with Crippen molar-refractivity contribution in [3.05, 3.63) is 33.4 Å². The number of carbonyl (C=O) groups is 1. The van der Waals surface area contributed by atoms with Gasteiger partial charge in [-0.25, -0.2) is 14.4 Å². The Morgan fingerprint density at radius 1 is 1.11 bits per heavy atom. The molecule has 1 saturated carbocycles. The Morgan fingerprint density at radius 3 is 2.50 bits per heavy atom. The first kappa shape index (κ1) is 25.3. The number of fused-ring (bicyclic) bond motifs is 1. The van der Waals surface area contributed by atoms with E-state index < -0.39 is 12.4 Å². The molecule has 1 saturated heterocycles. The molecule has 0 spiro atoms. The molecule has 36 heavy (non-hydrogen) atoms. The van der Waals surface area contributed by atoms with Crippen LogP contribution in [0.25, 0.3) is 11.2 Å². The number of ether oxygens (including phenoxy) is 1. The third-order valence-electron chi connectivity index (χ3n) is 6.71. The van der Waals surface area contributed by atoms with Crippen molar-refractivity contribution in [3.63, 3.8) is 0 Å². The van der Waals surface area contributed by atoms with Crippen LogP contribution in [0.5, 0.6) is 0 Å². The van der Waals surface area contributed by atoms with Crippen molar-refractivity contribution in [2.24, 2.45) is 11.7 Å². The van der Waals surface area contributed by atoms with Crippen LogP contribution in [0.1, 0.15) is 44.6 Å². The minimum absolute atomic E-state index is 0.0207. The molecule has 1 aliphatic heterocycles. The number of primary amides is 1. The zero-order valence-corrected chi connectivity index (χ0v) is 21.5. The van der Waals surface area contributed by atoms with Crippen molar-refractivity contribution in [1.82, 2.24) is 19.5 Å². The first-order valence-corrected chi connectivity index (χ1v) is 12.9. The molecule has 2 fully saturated rings. The predicted octanol–water partition coefficient (Wildman–Crippen LogP) is 5.63. The van der Waals surface area contributed by atoms with Crippen molar-refractivity contribution in [2.45, 2.75) is 57.0 Å². The lowest BCUT2D eigenvalue weighted by Gasteiger charge is -2.29. The second-order valence-corrected chi connectivity index (χ2v) is 10.4. The minimum atomic E-state index is -1.43. The number of halogens is 4. The lowest BCUT2D eigenvalue weighted by atomic mass is 9.85. The summed E-state index contributed by atoms with van der Waals surface area (Å²) < 4.78 is 21.3. The van der Waals surface area contributed by atoms with Crippen LogP contribution in [0.15, 0.2) is 18.3 Å². The summed E-state index contributed by atoms with van der Waals surface area (Å²) in [5.41, 5.74) is 7.09. The van der Waals surface area contributed by atoms with Crippen LogP contribution in [-0.4, -0.2) is 44.4 Å². The van der Waals surface area contributed by atoms with E-state index in [2.05, 4.69) is 15.6 Å². The van der Waals surface area contributed by atoms with Crippen LogP contribution in [0, 0.1) is 5.92 Å². The second kappa shape index (κ2) is 10.5. The highest BCUT2D eigenvalue weighted by Gasteiger charge is 2.30. The number of rotatable bonds is 6. The largest absolute Gasteiger partial charge is 0.369 e. The first-order chi connectivity index (χ1) is 17.3. The highest BCUT2D eigenvalue weighted by molar-refractivity contribution is 6.41. The summed E-state index contributed by atoms with van der Waals surface area (Å²) in [6.07, 6.45) is 4.22. The number of nitrogens with two attached hydrogens (primary N) is 1. The van der Waals surface area contributed by atoms with E-state index in [1.54, 1.807) is 18.3 Å². The molecule has 2 atom stereocenters. The number of hydrogen-bond acceptors (Lipinski definition) is 7. The Kier molecular flexibility index (Phi) is 7.39. The predicted molar refractivity (Wildman–Crippen MR) is 138 cm³/mol. The van der Waals surface area contributed by atoms with Crippen molar-refractivity contribution >= 4 is 69.5 Å². The lowest BCUT2D eigenvalue weighted by Crippen LogP contribution is -2.37. The number of benzene rings is 1. The molecule has 0 unspecified atom stereocenters. The third-order valence-corrected chi connectivity index (χ3v) is 7.52. The third kappa shape index (κ3) is 5.18. The van der Waals surface area contributed by atoms with Crippen molar-refractivity contribution in [2.75, 3.05) is 17.2 Å². The molecule has 9 nitrogen and oxygen atoms in total. The van der Waals surface area contributed by atoms with E-state index in [1.165, 1.54) is 0 Å². The summed E-state index contributed by atoms with van der Waals surface area (Å²) in [6.45, 7) is 0.394. The van der Waals surface area contributed by atoms with E-state index in [0.29, 0.717) is 76.6 Å². The molecule has 3 aromatic rings. The van der Waals surface area contributed by atoms with Gasteiger partial charge in [0.1, 0.15) is 5.52 Å². The number of amides is 1. The zero-order chi connectivity index (χ0) is 25.4. The van der Waals surface area contributed by atoms with Gasteiger partial charge in [-0.15, -0.1) is 0 Å². The van der Waals surface area contributed by atoms with Crippen molar-refractivity contribution in [3.8, 4) is 0 Å². The van der Waals surface area contributed by atoms with E-state index in [1.807, 2.05) is 4.57 Å². The maximum Gasteiger partial charge on any atom is 0.225 e. The molecule has 13 heteroatoms. The van der Waals surface area contributed by atoms with Gasteiger partial charge in [-0.2, -0.15) is 4.98 Å². The standard InChI is InChI=1S/C23H25Cl3FN7O2/c24-12-8-14(25)18(15(26)9-12)32-23-31-17-10-29-22(30-16-2-1-7-36-19(16)27)33-21(17)34(23)13-5-3-11(4-6-13)20(28)35/h8-11,13,16,19H,1-7H2,(H2,28,35)(H,31,32)(H,29,30,33)/t11?,13?,16-,19-/m1/s1. The van der Waals surface area contributed by atoms with Crippen LogP contribution in [0.3, 0.4) is 0 Å². The molecule has 2 aromatic heterocycles. The number of aromatic nitrogens is 4. The number of nitrogens with zero attached hydrogens (tertiary/aromatic N) is 4. The first-order valence-electron chi connectivity index (χ1n) is 11.8. The number of nitrogens with one attached hydrogen (secondary N) is 2. The Balaban J connectivity index is 1.53. The van der Waals surface area contributed by atoms with Gasteiger partial charge in [0.25, 0.3) is 0 Å². The maximum atomic E-state index is 14.2. The average Bonchev–Trinajstić information content (AvgIpc) is 3.20. The number of imidazole rings is 1. The summed E-state index contributed by atoms with van der Waals surface area (Å²) in [6, 6.07) is 2.61. The molecule has 1 amide bonds. The van der Waals surface area contributed by atoms with E-state index in [-0.39, 0.29) is 23.8 Å². The topological polar surface area (TPSA) is 120 Å². The van der Waals surface area contributed by atoms with Gasteiger partial charge in [-0.1, -0.05) is 34.8 Å². The minimum Gasteiger partial charge on any atom is -0.369 e. The van der Waals surface area contributed by atoms with Crippen molar-refractivity contribution < 1.29 is 13.9 Å². The lowest BCUT2D eigenvalue weighted by molar-refractivity contribution is -0.122. The Labute approximate surface area is 221 Å². The normalized spacial score (nSPS) is 24.6. The molecule has 4 N–H and O–H groups in total. The van der Waals surface area contributed by atoms with Crippen LogP contribution < -0.4 is 16.4 Å². The Bertz CT molecular complexity index is 1260. The fourth-order valence-corrected chi connectivity index (χ4v) is 5.75. The van der Waals surface area contributed by atoms with Gasteiger partial charge < -0.3 is 21.1 Å². The van der Waals surface area contributed by atoms with E-state index in [0.717, 1.165) is 6.42 Å². The smallest absolute Gasteiger partial charge is 0.225 e. The van der Waals surface area contributed by atoms with Crippen LogP contribution in [-0.2, 0) is 9.53 Å². The van der Waals surface area contributed by atoms with Crippen LogP contribution in [0.4, 0.5) is 22.0 Å². The summed E-state index contributed by atoms with van der Waals surface area (Å²) >= 11 is 18.9. The molecule has 0 bridgehead atoms. The highest BCUT2D eigenvalue weighted by Crippen LogP contribution is 2.40. The van der Waals surface area contributed by atoms with Gasteiger partial charge in [0.15, 0.2) is 5.65 Å². The fraction of sp³-hybridized carbons (Fsp3) is 0.478. The zero-order valence-electron chi connectivity index (χ0n) is 19.2. The molecule has 192 valence electrons. The number of carbonyl (C=O) groups excluding carboxylic acids is 1. The Hall–Kier alpha value is -2.40. The molecule has 1 aliphatic carbocycles. The highest BCUT2D eigenvalue weighted by atomic mass is 35.5. The van der Waals surface area contributed by atoms with Gasteiger partial charge in [-0.3, -0.25) is 9.36 Å². The van der Waals surface area contributed by atoms with Gasteiger partial charge in [-0.05, 0) is 50.7 Å². The molecule has 3 heterocycles. The van der Waals surface area contributed by atoms with Gasteiger partial charge >= 0.3 is 0 Å². The van der Waals surface area contributed by atoms with Gasteiger partial charge in [0, 0.05) is 17.0 Å². The number of anilines is 3. The SMILES string of the molecule is NC(=O)C1CCC(n2c(Nc3c(Cl)cc(Cl)cc3Cl)nc3cnc(N[C@@H]4CCCO[C@H]4F)nc32)CC1. The summed E-state index contributed by atoms with van der Waals surface area (Å²) in [4.78, 5) is 25.5. The quantitative estimate of drug-likeness (QED) is 0.360. The molecular formula is C23H25Cl3FN7O2. The van der Waals surface area contributed by atoms with Crippen LogP contribution in [0.2, 0.25) is 15.1 Å². The number of alkyl halides is 1. The molecule has 2 aliphatic rings. The van der Waals surface area contributed by atoms with E-state index in [9.17, 15) is 9.18 Å². The summed E-state index contributed by atoms with van der Waals surface area (Å²) in [5, 5.41) is 7.37. The number of hydrogen-bond donors (Lipinski definition) is 3. The molecule has 5 rings (SSSR count). The molecular weight excluding hydrogens is 532 g/mol. The maximum absolute atomic E-state index is 14.2. The van der Waals surface area contributed by atoms with Crippen LogP contribution >= 0.6 is 34.8 Å². The second-order valence-electron chi connectivity index (χ2n) is 9.10. The summed E-state index contributed by atoms with van der Waals surface area (Å²) in [5.74, 6) is 0.301. The van der Waals surface area contributed by atoms with Crippen molar-refractivity contribution in [1.29, 1.82) is 0 Å². The molecule has 1 aromatic carbocycles. The monoisotopic (exact) mass is 555 g/mol. The van der Waals surface area contributed by atoms with E-state index in [4.69, 9.17) is 55.2 Å².